The number of carbonyl (C=O) groups is 1. The zero-order chi connectivity index (χ0) is 13.0. The van der Waals surface area contributed by atoms with Crippen molar-refractivity contribution >= 4 is 5.97 Å². The lowest BCUT2D eigenvalue weighted by molar-refractivity contribution is -0.139. The third kappa shape index (κ3) is 3.08. The van der Waals surface area contributed by atoms with Crippen LogP contribution in [0.4, 0.5) is 13.2 Å². The molecular formula is C10H10F3NO3. The van der Waals surface area contributed by atoms with E-state index in [0.29, 0.717) is 0 Å². The van der Waals surface area contributed by atoms with Crippen LogP contribution in [-0.4, -0.2) is 25.2 Å². The quantitative estimate of drug-likeness (QED) is 0.604. The van der Waals surface area contributed by atoms with E-state index in [-0.39, 0.29) is 11.4 Å². The maximum absolute atomic E-state index is 13.3. The van der Waals surface area contributed by atoms with Crippen molar-refractivity contribution < 1.29 is 27.4 Å². The molecule has 0 saturated heterocycles. The molecule has 0 saturated carbocycles. The number of ether oxygens (including phenoxy) is 2. The van der Waals surface area contributed by atoms with Gasteiger partial charge in [-0.05, 0) is 5.56 Å². The molecule has 1 rings (SSSR count). The van der Waals surface area contributed by atoms with Gasteiger partial charge in [-0.15, -0.1) is 0 Å². The number of pyridine rings is 1. The standard InChI is InChI=1S/C10H10F3NO3/c1-16-6-3-5(4-7(15)17-2)8(9(11)12)10(13)14-6/h3,9H,4H2,1-2H3. The molecule has 1 aromatic heterocycles. The molecule has 0 aliphatic carbocycles. The Labute approximate surface area is 95.4 Å². The van der Waals surface area contributed by atoms with Crippen LogP contribution in [0.3, 0.4) is 0 Å². The number of alkyl halides is 2. The predicted octanol–water partition coefficient (Wildman–Crippen LogP) is 1.88. The van der Waals surface area contributed by atoms with E-state index in [4.69, 9.17) is 0 Å². The highest BCUT2D eigenvalue weighted by Crippen LogP contribution is 2.28. The third-order valence-corrected chi connectivity index (χ3v) is 2.06. The zero-order valence-electron chi connectivity index (χ0n) is 9.17. The van der Waals surface area contributed by atoms with Crippen molar-refractivity contribution in [3.8, 4) is 5.88 Å². The average molecular weight is 249 g/mol. The molecule has 1 heterocycles. The van der Waals surface area contributed by atoms with Crippen LogP contribution in [0, 0.1) is 5.95 Å². The van der Waals surface area contributed by atoms with Crippen LogP contribution < -0.4 is 4.74 Å². The van der Waals surface area contributed by atoms with E-state index in [1.165, 1.54) is 7.11 Å². The molecule has 1 aromatic rings. The van der Waals surface area contributed by atoms with E-state index in [2.05, 4.69) is 14.5 Å². The topological polar surface area (TPSA) is 48.4 Å². The van der Waals surface area contributed by atoms with Gasteiger partial charge < -0.3 is 9.47 Å². The summed E-state index contributed by atoms with van der Waals surface area (Å²) in [5.74, 6) is -2.27. The van der Waals surface area contributed by atoms with Crippen LogP contribution in [-0.2, 0) is 16.0 Å². The average Bonchev–Trinajstić information content (AvgIpc) is 2.27. The lowest BCUT2D eigenvalue weighted by atomic mass is 10.1. The normalized spacial score (nSPS) is 10.5. The Morgan fingerprint density at radius 1 is 1.47 bits per heavy atom. The maximum Gasteiger partial charge on any atom is 0.309 e. The van der Waals surface area contributed by atoms with Crippen LogP contribution >= 0.6 is 0 Å². The first-order chi connectivity index (χ1) is 7.99. The number of rotatable bonds is 4. The van der Waals surface area contributed by atoms with Crippen molar-refractivity contribution in [2.24, 2.45) is 0 Å². The van der Waals surface area contributed by atoms with Gasteiger partial charge >= 0.3 is 5.97 Å². The van der Waals surface area contributed by atoms with Crippen molar-refractivity contribution in [1.29, 1.82) is 0 Å². The van der Waals surface area contributed by atoms with Crippen LogP contribution in [0.2, 0.25) is 0 Å². The number of aromatic nitrogens is 1. The molecular weight excluding hydrogens is 239 g/mol. The molecule has 7 heteroatoms. The van der Waals surface area contributed by atoms with Gasteiger partial charge in [-0.2, -0.15) is 9.37 Å². The third-order valence-electron chi connectivity index (χ3n) is 2.06. The van der Waals surface area contributed by atoms with Crippen molar-refractivity contribution in [1.82, 2.24) is 4.98 Å². The summed E-state index contributed by atoms with van der Waals surface area (Å²) in [6, 6.07) is 1.08. The van der Waals surface area contributed by atoms with Gasteiger partial charge in [-0.25, -0.2) is 8.78 Å². The molecule has 0 aromatic carbocycles. The second kappa shape index (κ2) is 5.51. The highest BCUT2D eigenvalue weighted by Gasteiger charge is 2.23. The van der Waals surface area contributed by atoms with Crippen LogP contribution in [0.15, 0.2) is 6.07 Å². The van der Waals surface area contributed by atoms with Gasteiger partial charge in [-0.1, -0.05) is 0 Å². The Bertz CT molecular complexity index is 424. The van der Waals surface area contributed by atoms with Gasteiger partial charge in [0.05, 0.1) is 26.2 Å². The molecule has 0 aliphatic rings. The summed E-state index contributed by atoms with van der Waals surface area (Å²) in [6.45, 7) is 0. The second-order valence-corrected chi connectivity index (χ2v) is 3.08. The fourth-order valence-corrected chi connectivity index (χ4v) is 1.26. The molecule has 94 valence electrons. The number of hydrogen-bond donors (Lipinski definition) is 0. The van der Waals surface area contributed by atoms with Crippen LogP contribution in [0.1, 0.15) is 17.6 Å². The molecule has 0 radical (unpaired) electrons. The monoisotopic (exact) mass is 249 g/mol. The molecule has 17 heavy (non-hydrogen) atoms. The molecule has 0 bridgehead atoms. The molecule has 0 unspecified atom stereocenters. The summed E-state index contributed by atoms with van der Waals surface area (Å²) < 4.78 is 47.5. The van der Waals surface area contributed by atoms with Crippen molar-refractivity contribution in [3.05, 3.63) is 23.1 Å². The summed E-state index contributed by atoms with van der Waals surface area (Å²) in [5.41, 5.74) is -1.10. The summed E-state index contributed by atoms with van der Waals surface area (Å²) >= 11 is 0. The fourth-order valence-electron chi connectivity index (χ4n) is 1.26. The molecule has 4 nitrogen and oxygen atoms in total. The van der Waals surface area contributed by atoms with E-state index in [1.807, 2.05) is 0 Å². The van der Waals surface area contributed by atoms with Gasteiger partial charge in [0.2, 0.25) is 11.8 Å². The van der Waals surface area contributed by atoms with Gasteiger partial charge in [-0.3, -0.25) is 4.79 Å². The van der Waals surface area contributed by atoms with E-state index in [1.54, 1.807) is 0 Å². The first-order valence-corrected chi connectivity index (χ1v) is 4.57. The van der Waals surface area contributed by atoms with Gasteiger partial charge in [0.1, 0.15) is 0 Å². The van der Waals surface area contributed by atoms with E-state index < -0.39 is 30.3 Å². The number of nitrogens with zero attached hydrogens (tertiary/aromatic N) is 1. The number of esters is 1. The molecule has 0 amide bonds. The lowest BCUT2D eigenvalue weighted by Gasteiger charge is -2.10. The second-order valence-electron chi connectivity index (χ2n) is 3.08. The number of halogens is 3. The van der Waals surface area contributed by atoms with E-state index in [9.17, 15) is 18.0 Å². The van der Waals surface area contributed by atoms with Crippen molar-refractivity contribution in [2.75, 3.05) is 14.2 Å². The highest BCUT2D eigenvalue weighted by atomic mass is 19.3. The number of carbonyl (C=O) groups excluding carboxylic acids is 1. The van der Waals surface area contributed by atoms with Crippen LogP contribution in [0.5, 0.6) is 5.88 Å². The largest absolute Gasteiger partial charge is 0.481 e. The van der Waals surface area contributed by atoms with Gasteiger partial charge in [0.15, 0.2) is 0 Å². The molecule has 0 spiro atoms. The predicted molar refractivity (Wildman–Crippen MR) is 51.4 cm³/mol. The van der Waals surface area contributed by atoms with Gasteiger partial charge in [0.25, 0.3) is 6.43 Å². The Hall–Kier alpha value is -1.79. The Kier molecular flexibility index (Phi) is 4.30. The Morgan fingerprint density at radius 3 is 2.59 bits per heavy atom. The minimum Gasteiger partial charge on any atom is -0.481 e. The van der Waals surface area contributed by atoms with Crippen molar-refractivity contribution in [2.45, 2.75) is 12.8 Å². The Morgan fingerprint density at radius 2 is 2.12 bits per heavy atom. The van der Waals surface area contributed by atoms with Crippen molar-refractivity contribution in [3.63, 3.8) is 0 Å². The number of methoxy groups -OCH3 is 2. The van der Waals surface area contributed by atoms with Crippen LogP contribution in [0.25, 0.3) is 0 Å². The Balaban J connectivity index is 3.22. The first-order valence-electron chi connectivity index (χ1n) is 4.57. The summed E-state index contributed by atoms with van der Waals surface area (Å²) in [4.78, 5) is 14.2. The highest BCUT2D eigenvalue weighted by molar-refractivity contribution is 5.73. The van der Waals surface area contributed by atoms with Gasteiger partial charge in [0, 0.05) is 6.07 Å². The smallest absolute Gasteiger partial charge is 0.309 e. The maximum atomic E-state index is 13.3. The van der Waals surface area contributed by atoms with E-state index >= 15 is 0 Å². The zero-order valence-corrected chi connectivity index (χ0v) is 9.17. The number of hydrogen-bond acceptors (Lipinski definition) is 4. The summed E-state index contributed by atoms with van der Waals surface area (Å²) in [6.07, 6.45) is -3.53. The molecule has 0 N–H and O–H groups in total. The SMILES string of the molecule is COC(=O)Cc1cc(OC)nc(F)c1C(F)F. The fraction of sp³-hybridized carbons (Fsp3) is 0.400. The summed E-state index contributed by atoms with van der Waals surface area (Å²) in [5, 5.41) is 0. The van der Waals surface area contributed by atoms with E-state index in [0.717, 1.165) is 13.2 Å². The molecule has 0 aliphatic heterocycles. The first kappa shape index (κ1) is 13.3. The minimum atomic E-state index is -3.06. The minimum absolute atomic E-state index is 0.175. The lowest BCUT2D eigenvalue weighted by Crippen LogP contribution is -2.10. The molecule has 0 fully saturated rings. The summed E-state index contributed by atoms with van der Waals surface area (Å²) in [7, 11) is 2.32. The molecule has 0 atom stereocenters.